The van der Waals surface area contributed by atoms with Crippen molar-refractivity contribution in [1.82, 2.24) is 10.2 Å². The number of amides is 2. The Labute approximate surface area is 197 Å². The molecule has 2 aliphatic rings. The molecule has 2 amide bonds. The number of carbonyl (C=O) groups excluding carboxylic acids is 2. The van der Waals surface area contributed by atoms with E-state index < -0.39 is 6.10 Å². The van der Waals surface area contributed by atoms with Crippen LogP contribution in [0.5, 0.6) is 5.75 Å². The molecule has 33 heavy (non-hydrogen) atoms. The summed E-state index contributed by atoms with van der Waals surface area (Å²) in [7, 11) is 0. The largest absolute Gasteiger partial charge is 0.481 e. The molecule has 1 N–H and O–H groups in total. The summed E-state index contributed by atoms with van der Waals surface area (Å²) < 4.78 is 6.17. The summed E-state index contributed by atoms with van der Waals surface area (Å²) in [5, 5.41) is 2.98. The van der Waals surface area contributed by atoms with E-state index in [0.717, 1.165) is 36.9 Å². The average Bonchev–Trinajstić information content (AvgIpc) is 3.66. The van der Waals surface area contributed by atoms with Crippen molar-refractivity contribution < 1.29 is 14.3 Å². The minimum atomic E-state index is -0.535. The first-order chi connectivity index (χ1) is 15.9. The molecule has 0 radical (unpaired) electrons. The summed E-state index contributed by atoms with van der Waals surface area (Å²) in [6.45, 7) is 9.56. The van der Waals surface area contributed by atoms with E-state index >= 15 is 0 Å². The lowest BCUT2D eigenvalue weighted by atomic mass is 9.87. The van der Waals surface area contributed by atoms with E-state index in [1.54, 1.807) is 0 Å². The predicted molar refractivity (Wildman–Crippen MR) is 130 cm³/mol. The molecule has 5 heteroatoms. The SMILES string of the molecule is CC[C@@H](Oc1ccc2c(c1)[C@H](c1ccc(C)cc1)N(C(=O)C1CC1)CC2)C(=O)NCC(C)C. The second-order valence-electron chi connectivity index (χ2n) is 9.88. The zero-order chi connectivity index (χ0) is 23.5. The number of nitrogens with one attached hydrogen (secondary N) is 1. The standard InChI is InChI=1S/C28H36N2O3/c1-5-25(27(31)29-17-18(2)3)33-23-13-12-20-14-15-30(28(32)22-10-11-22)26(24(20)16-23)21-8-6-19(4)7-9-21/h6-9,12-13,16,18,22,25-26H,5,10-11,14-15,17H2,1-4H3,(H,29,31)/t25-,26+/m1/s1. The molecule has 1 heterocycles. The minimum absolute atomic E-state index is 0.0791. The van der Waals surface area contributed by atoms with Gasteiger partial charge in [-0.25, -0.2) is 0 Å². The summed E-state index contributed by atoms with van der Waals surface area (Å²) >= 11 is 0. The molecular weight excluding hydrogens is 412 g/mol. The smallest absolute Gasteiger partial charge is 0.261 e. The summed E-state index contributed by atoms with van der Waals surface area (Å²) in [6, 6.07) is 14.5. The molecule has 176 valence electrons. The molecule has 5 nitrogen and oxygen atoms in total. The predicted octanol–water partition coefficient (Wildman–Crippen LogP) is 4.81. The maximum Gasteiger partial charge on any atom is 0.261 e. The van der Waals surface area contributed by atoms with Crippen molar-refractivity contribution in [2.24, 2.45) is 11.8 Å². The molecule has 0 saturated heterocycles. The van der Waals surface area contributed by atoms with Crippen molar-refractivity contribution in [3.05, 3.63) is 64.7 Å². The van der Waals surface area contributed by atoms with Crippen LogP contribution < -0.4 is 10.1 Å². The van der Waals surface area contributed by atoms with Crippen molar-refractivity contribution in [2.75, 3.05) is 13.1 Å². The Kier molecular flexibility index (Phi) is 7.06. The van der Waals surface area contributed by atoms with Gasteiger partial charge in [0, 0.05) is 19.0 Å². The van der Waals surface area contributed by atoms with Gasteiger partial charge >= 0.3 is 0 Å². The van der Waals surface area contributed by atoms with Gasteiger partial charge in [-0.2, -0.15) is 0 Å². The van der Waals surface area contributed by atoms with E-state index in [1.165, 1.54) is 11.1 Å². The third kappa shape index (κ3) is 5.40. The Bertz CT molecular complexity index is 995. The molecule has 1 saturated carbocycles. The molecule has 1 aliphatic heterocycles. The van der Waals surface area contributed by atoms with E-state index in [-0.39, 0.29) is 23.8 Å². The van der Waals surface area contributed by atoms with Crippen LogP contribution in [-0.2, 0) is 16.0 Å². The van der Waals surface area contributed by atoms with Gasteiger partial charge in [-0.05, 0) is 67.3 Å². The van der Waals surface area contributed by atoms with Gasteiger partial charge < -0.3 is 15.0 Å². The van der Waals surface area contributed by atoms with Crippen molar-refractivity contribution in [1.29, 1.82) is 0 Å². The fourth-order valence-electron chi connectivity index (χ4n) is 4.48. The summed E-state index contributed by atoms with van der Waals surface area (Å²) in [6.07, 6.45) is 2.88. The second-order valence-corrected chi connectivity index (χ2v) is 9.88. The van der Waals surface area contributed by atoms with E-state index in [9.17, 15) is 9.59 Å². The molecule has 0 bridgehead atoms. The first kappa shape index (κ1) is 23.3. The molecule has 0 spiro atoms. The highest BCUT2D eigenvalue weighted by molar-refractivity contribution is 5.82. The number of fused-ring (bicyclic) bond motifs is 1. The molecule has 2 atom stereocenters. The van der Waals surface area contributed by atoms with Crippen molar-refractivity contribution >= 4 is 11.8 Å². The summed E-state index contributed by atoms with van der Waals surface area (Å²) in [5.41, 5.74) is 4.67. The fourth-order valence-corrected chi connectivity index (χ4v) is 4.48. The Morgan fingerprint density at radius 1 is 1.12 bits per heavy atom. The van der Waals surface area contributed by atoms with E-state index in [4.69, 9.17) is 4.74 Å². The van der Waals surface area contributed by atoms with Crippen LogP contribution >= 0.6 is 0 Å². The molecule has 1 aliphatic carbocycles. The Morgan fingerprint density at radius 2 is 1.85 bits per heavy atom. The number of benzene rings is 2. The van der Waals surface area contributed by atoms with Gasteiger partial charge in [-0.3, -0.25) is 9.59 Å². The number of hydrogen-bond acceptors (Lipinski definition) is 3. The maximum absolute atomic E-state index is 13.2. The monoisotopic (exact) mass is 448 g/mol. The maximum atomic E-state index is 13.2. The third-order valence-corrected chi connectivity index (χ3v) is 6.57. The number of hydrogen-bond donors (Lipinski definition) is 1. The van der Waals surface area contributed by atoms with E-state index in [0.29, 0.717) is 24.6 Å². The first-order valence-electron chi connectivity index (χ1n) is 12.3. The Morgan fingerprint density at radius 3 is 2.48 bits per heavy atom. The normalized spacial score (nSPS) is 18.6. The second kappa shape index (κ2) is 9.98. The van der Waals surface area contributed by atoms with Crippen LogP contribution in [0.3, 0.4) is 0 Å². The highest BCUT2D eigenvalue weighted by atomic mass is 16.5. The van der Waals surface area contributed by atoms with Crippen LogP contribution in [0.25, 0.3) is 0 Å². The van der Waals surface area contributed by atoms with Gasteiger partial charge in [0.05, 0.1) is 6.04 Å². The topological polar surface area (TPSA) is 58.6 Å². The van der Waals surface area contributed by atoms with Crippen molar-refractivity contribution in [3.8, 4) is 5.75 Å². The highest BCUT2D eigenvalue weighted by Crippen LogP contribution is 2.41. The lowest BCUT2D eigenvalue weighted by Gasteiger charge is -2.38. The number of ether oxygens (including phenoxy) is 1. The van der Waals surface area contributed by atoms with Gasteiger partial charge in [0.2, 0.25) is 5.91 Å². The van der Waals surface area contributed by atoms with Crippen LogP contribution in [0.2, 0.25) is 0 Å². The zero-order valence-electron chi connectivity index (χ0n) is 20.3. The van der Waals surface area contributed by atoms with Gasteiger partial charge in [0.1, 0.15) is 5.75 Å². The fraction of sp³-hybridized carbons (Fsp3) is 0.500. The van der Waals surface area contributed by atoms with Crippen LogP contribution in [0.1, 0.15) is 68.3 Å². The van der Waals surface area contributed by atoms with Crippen molar-refractivity contribution in [2.45, 2.75) is 65.5 Å². The molecule has 2 aromatic rings. The van der Waals surface area contributed by atoms with Crippen LogP contribution in [-0.4, -0.2) is 35.9 Å². The molecule has 4 rings (SSSR count). The number of rotatable bonds is 8. The van der Waals surface area contributed by atoms with Crippen LogP contribution in [0.15, 0.2) is 42.5 Å². The van der Waals surface area contributed by atoms with E-state index in [2.05, 4.69) is 61.3 Å². The zero-order valence-corrected chi connectivity index (χ0v) is 20.3. The summed E-state index contributed by atoms with van der Waals surface area (Å²) in [4.78, 5) is 27.9. The van der Waals surface area contributed by atoms with Gasteiger partial charge in [-0.1, -0.05) is 56.7 Å². The number of nitrogens with zero attached hydrogens (tertiary/aromatic N) is 1. The highest BCUT2D eigenvalue weighted by Gasteiger charge is 2.39. The Hall–Kier alpha value is -2.82. The molecular formula is C28H36N2O3. The van der Waals surface area contributed by atoms with Crippen molar-refractivity contribution in [3.63, 3.8) is 0 Å². The third-order valence-electron chi connectivity index (χ3n) is 6.57. The molecule has 1 fully saturated rings. The average molecular weight is 449 g/mol. The lowest BCUT2D eigenvalue weighted by Crippen LogP contribution is -2.41. The van der Waals surface area contributed by atoms with Gasteiger partial charge in [-0.15, -0.1) is 0 Å². The Balaban J connectivity index is 1.63. The molecule has 0 unspecified atom stereocenters. The molecule has 2 aromatic carbocycles. The number of carbonyl (C=O) groups is 2. The van der Waals surface area contributed by atoms with Crippen LogP contribution in [0.4, 0.5) is 0 Å². The van der Waals surface area contributed by atoms with Gasteiger partial charge in [0.15, 0.2) is 6.10 Å². The first-order valence-corrected chi connectivity index (χ1v) is 12.3. The van der Waals surface area contributed by atoms with Gasteiger partial charge in [0.25, 0.3) is 5.91 Å². The minimum Gasteiger partial charge on any atom is -0.481 e. The molecule has 0 aromatic heterocycles. The summed E-state index contributed by atoms with van der Waals surface area (Å²) in [5.74, 6) is 1.42. The van der Waals surface area contributed by atoms with E-state index in [1.807, 2.05) is 19.1 Å². The number of aryl methyl sites for hydroxylation is 1. The lowest BCUT2D eigenvalue weighted by molar-refractivity contribution is -0.134. The quantitative estimate of drug-likeness (QED) is 0.631. The van der Waals surface area contributed by atoms with Crippen LogP contribution in [0, 0.1) is 18.8 Å².